The number of hydrogen-bond acceptors (Lipinski definition) is 8. The van der Waals surface area contributed by atoms with E-state index in [4.69, 9.17) is 9.47 Å². The minimum absolute atomic E-state index is 0.00945. The molecule has 1 N–H and O–H groups in total. The maximum Gasteiger partial charge on any atom is 0.410 e. The van der Waals surface area contributed by atoms with Gasteiger partial charge in [0.1, 0.15) is 17.6 Å². The standard InChI is InChI=1S/C27H35FN6O4/c1-16-10-17-13-29-34(24-12-23(30-25(31-24)37-5)32-8-6-18(35)14-32)22(17)11-20(16)19-7-9-33(15-21(19)28)26(36)38-27(2,3)4/h10-13,18-19,21,35H,6-9,14-15H2,1-5H3/t18-,19-,21-/m1/s1. The number of piperidine rings is 1. The zero-order valence-corrected chi connectivity index (χ0v) is 22.5. The van der Waals surface area contributed by atoms with Gasteiger partial charge in [0.15, 0.2) is 5.82 Å². The second kappa shape index (κ2) is 10.0. The highest BCUT2D eigenvalue weighted by molar-refractivity contribution is 5.82. The first-order valence-electron chi connectivity index (χ1n) is 13.0. The molecule has 0 aliphatic carbocycles. The van der Waals surface area contributed by atoms with Gasteiger partial charge in [0.05, 0.1) is 31.5 Å². The van der Waals surface area contributed by atoms with Crippen molar-refractivity contribution in [3.05, 3.63) is 35.5 Å². The van der Waals surface area contributed by atoms with Crippen molar-refractivity contribution in [2.75, 3.05) is 38.2 Å². The predicted molar refractivity (Wildman–Crippen MR) is 141 cm³/mol. The van der Waals surface area contributed by atoms with Crippen molar-refractivity contribution in [2.24, 2.45) is 0 Å². The first-order valence-corrected chi connectivity index (χ1v) is 13.0. The molecular formula is C27H35FN6O4. The summed E-state index contributed by atoms with van der Waals surface area (Å²) < 4.78 is 28.0. The van der Waals surface area contributed by atoms with Crippen LogP contribution in [0.3, 0.4) is 0 Å². The molecule has 10 nitrogen and oxygen atoms in total. The van der Waals surface area contributed by atoms with E-state index in [-0.39, 0.29) is 18.5 Å². The zero-order chi connectivity index (χ0) is 27.2. The van der Waals surface area contributed by atoms with Gasteiger partial charge >= 0.3 is 12.1 Å². The third-order valence-corrected chi connectivity index (χ3v) is 7.11. The Morgan fingerprint density at radius 1 is 1.11 bits per heavy atom. The number of likely N-dealkylation sites (tertiary alicyclic amines) is 1. The van der Waals surface area contributed by atoms with Crippen molar-refractivity contribution in [3.63, 3.8) is 0 Å². The summed E-state index contributed by atoms with van der Waals surface area (Å²) in [5.74, 6) is 0.815. The first kappa shape index (κ1) is 26.1. The quantitative estimate of drug-likeness (QED) is 0.548. The fourth-order valence-corrected chi connectivity index (χ4v) is 5.25. The van der Waals surface area contributed by atoms with Crippen LogP contribution < -0.4 is 9.64 Å². The predicted octanol–water partition coefficient (Wildman–Crippen LogP) is 3.77. The fraction of sp³-hybridized carbons (Fsp3) is 0.556. The Hall–Kier alpha value is -3.47. The molecule has 11 heteroatoms. The van der Waals surface area contributed by atoms with Crippen LogP contribution in [0.4, 0.5) is 15.0 Å². The molecule has 1 amide bonds. The van der Waals surface area contributed by atoms with Crippen molar-refractivity contribution in [3.8, 4) is 11.8 Å². The van der Waals surface area contributed by atoms with Crippen molar-refractivity contribution in [2.45, 2.75) is 64.3 Å². The van der Waals surface area contributed by atoms with Crippen LogP contribution in [-0.4, -0.2) is 87.0 Å². The van der Waals surface area contributed by atoms with E-state index in [0.29, 0.717) is 44.1 Å². The van der Waals surface area contributed by atoms with Gasteiger partial charge in [-0.1, -0.05) is 0 Å². The molecule has 5 rings (SSSR count). The minimum atomic E-state index is -1.23. The monoisotopic (exact) mass is 526 g/mol. The molecule has 0 unspecified atom stereocenters. The molecule has 2 aliphatic heterocycles. The fourth-order valence-electron chi connectivity index (χ4n) is 5.25. The van der Waals surface area contributed by atoms with Crippen LogP contribution in [0.1, 0.15) is 50.7 Å². The molecule has 0 saturated carbocycles. The number of benzene rings is 1. The van der Waals surface area contributed by atoms with E-state index in [9.17, 15) is 9.90 Å². The highest BCUT2D eigenvalue weighted by Crippen LogP contribution is 2.36. The number of rotatable bonds is 4. The minimum Gasteiger partial charge on any atom is -0.467 e. The zero-order valence-electron chi connectivity index (χ0n) is 22.5. The summed E-state index contributed by atoms with van der Waals surface area (Å²) >= 11 is 0. The van der Waals surface area contributed by atoms with E-state index in [1.165, 1.54) is 12.0 Å². The lowest BCUT2D eigenvalue weighted by molar-refractivity contribution is 0.0111. The SMILES string of the molecule is COc1nc(N2CC[C@@H](O)C2)cc(-n2ncc3cc(C)c([C@H]4CCN(C(=O)OC(C)(C)C)C[C@H]4F)cc32)n1. The van der Waals surface area contributed by atoms with Crippen LogP contribution in [0.5, 0.6) is 6.01 Å². The number of alkyl halides is 1. The van der Waals surface area contributed by atoms with Gasteiger partial charge < -0.3 is 24.4 Å². The second-order valence-electron chi connectivity index (χ2n) is 11.1. The Labute approximate surface area is 221 Å². The van der Waals surface area contributed by atoms with Crippen molar-refractivity contribution < 1.29 is 23.8 Å². The molecule has 0 spiro atoms. The van der Waals surface area contributed by atoms with Crippen LogP contribution in [0, 0.1) is 6.92 Å². The summed E-state index contributed by atoms with van der Waals surface area (Å²) in [5.41, 5.74) is 2.03. The van der Waals surface area contributed by atoms with E-state index in [2.05, 4.69) is 15.1 Å². The van der Waals surface area contributed by atoms with Crippen molar-refractivity contribution in [1.29, 1.82) is 0 Å². The Bertz CT molecular complexity index is 1340. The molecule has 2 saturated heterocycles. The summed E-state index contributed by atoms with van der Waals surface area (Å²) in [5, 5.41) is 15.5. The topological polar surface area (TPSA) is 106 Å². The molecule has 3 atom stereocenters. The Kier molecular flexibility index (Phi) is 6.89. The second-order valence-corrected chi connectivity index (χ2v) is 11.1. The van der Waals surface area contributed by atoms with Gasteiger partial charge in [0.25, 0.3) is 0 Å². The largest absolute Gasteiger partial charge is 0.467 e. The van der Waals surface area contributed by atoms with Crippen LogP contribution in [0.15, 0.2) is 24.4 Å². The van der Waals surface area contributed by atoms with Gasteiger partial charge in [-0.15, -0.1) is 0 Å². The average Bonchev–Trinajstić information content (AvgIpc) is 3.48. The van der Waals surface area contributed by atoms with E-state index < -0.39 is 24.0 Å². The highest BCUT2D eigenvalue weighted by atomic mass is 19.1. The highest BCUT2D eigenvalue weighted by Gasteiger charge is 2.35. The molecule has 4 heterocycles. The number of aliphatic hydroxyl groups excluding tert-OH is 1. The maximum atomic E-state index is 15.5. The van der Waals surface area contributed by atoms with Crippen molar-refractivity contribution >= 4 is 22.8 Å². The number of nitrogens with zero attached hydrogens (tertiary/aromatic N) is 6. The Morgan fingerprint density at radius 2 is 1.87 bits per heavy atom. The van der Waals surface area contributed by atoms with Crippen LogP contribution in [0.25, 0.3) is 16.7 Å². The van der Waals surface area contributed by atoms with Crippen LogP contribution >= 0.6 is 0 Å². The van der Waals surface area contributed by atoms with Crippen LogP contribution in [-0.2, 0) is 4.74 Å². The summed E-state index contributed by atoms with van der Waals surface area (Å²) in [6, 6.07) is 6.01. The van der Waals surface area contributed by atoms with E-state index in [1.54, 1.807) is 31.6 Å². The molecule has 1 aromatic carbocycles. The number of methoxy groups -OCH3 is 1. The summed E-state index contributed by atoms with van der Waals surface area (Å²) in [6.45, 7) is 8.97. The number of amides is 1. The number of fused-ring (bicyclic) bond motifs is 1. The number of aryl methyl sites for hydroxylation is 1. The van der Waals surface area contributed by atoms with Gasteiger partial charge in [0, 0.05) is 37.0 Å². The maximum absolute atomic E-state index is 15.5. The lowest BCUT2D eigenvalue weighted by atomic mass is 9.85. The van der Waals surface area contributed by atoms with Gasteiger partial charge in [-0.2, -0.15) is 15.1 Å². The average molecular weight is 527 g/mol. The third-order valence-electron chi connectivity index (χ3n) is 7.11. The molecule has 2 aliphatic rings. The van der Waals surface area contributed by atoms with Crippen molar-refractivity contribution in [1.82, 2.24) is 24.6 Å². The number of anilines is 1. The summed E-state index contributed by atoms with van der Waals surface area (Å²) in [7, 11) is 1.51. The van der Waals surface area contributed by atoms with E-state index >= 15 is 4.39 Å². The van der Waals surface area contributed by atoms with E-state index in [1.807, 2.05) is 30.0 Å². The van der Waals surface area contributed by atoms with Crippen LogP contribution in [0.2, 0.25) is 0 Å². The van der Waals surface area contributed by atoms with Gasteiger partial charge in [-0.05, 0) is 63.8 Å². The van der Waals surface area contributed by atoms with Gasteiger partial charge in [-0.25, -0.2) is 13.9 Å². The summed E-state index contributed by atoms with van der Waals surface area (Å²) in [4.78, 5) is 24.9. The molecular weight excluding hydrogens is 491 g/mol. The molecule has 38 heavy (non-hydrogen) atoms. The molecule has 3 aromatic rings. The number of hydrogen-bond donors (Lipinski definition) is 1. The lowest BCUT2D eigenvalue weighted by Crippen LogP contribution is -2.46. The Balaban J connectivity index is 1.45. The lowest BCUT2D eigenvalue weighted by Gasteiger charge is -2.36. The molecule has 0 radical (unpaired) electrons. The molecule has 2 aromatic heterocycles. The first-order chi connectivity index (χ1) is 18.0. The molecule has 0 bridgehead atoms. The van der Waals surface area contributed by atoms with E-state index in [0.717, 1.165) is 22.0 Å². The molecule has 204 valence electrons. The number of ether oxygens (including phenoxy) is 2. The summed E-state index contributed by atoms with van der Waals surface area (Å²) in [6.07, 6.45) is 0.818. The van der Waals surface area contributed by atoms with Gasteiger partial charge in [0.2, 0.25) is 0 Å². The Morgan fingerprint density at radius 3 is 2.53 bits per heavy atom. The number of β-amino-alcohol motifs (C(OH)–C–C–N with tert-alkyl or cyclic N) is 1. The number of aromatic nitrogens is 4. The number of carbonyl (C=O) groups excluding carboxylic acids is 1. The smallest absolute Gasteiger partial charge is 0.410 e. The normalized spacial score (nSPS) is 22.2. The number of carbonyl (C=O) groups is 1. The number of aliphatic hydroxyl groups is 1. The third kappa shape index (κ3) is 5.24. The number of halogens is 1. The van der Waals surface area contributed by atoms with Gasteiger partial charge in [-0.3, -0.25) is 0 Å². The molecule has 2 fully saturated rings.